The van der Waals surface area contributed by atoms with E-state index in [1.807, 2.05) is 37.0 Å². The van der Waals surface area contributed by atoms with Gasteiger partial charge in [0.2, 0.25) is 0 Å². The summed E-state index contributed by atoms with van der Waals surface area (Å²) in [4.78, 5) is 18.0. The van der Waals surface area contributed by atoms with Crippen molar-refractivity contribution in [3.63, 3.8) is 0 Å². The Bertz CT molecular complexity index is 385. The number of anilines is 1. The van der Waals surface area contributed by atoms with E-state index >= 15 is 0 Å². The van der Waals surface area contributed by atoms with E-state index in [4.69, 9.17) is 0 Å². The molecule has 0 aliphatic carbocycles. The number of hydrogen-bond donors (Lipinski definition) is 0. The molecule has 0 aromatic carbocycles. The molecule has 1 atom stereocenters. The first kappa shape index (κ1) is 12.4. The molecule has 92 valence electrons. The van der Waals surface area contributed by atoms with Gasteiger partial charge in [0, 0.05) is 25.3 Å². The molecule has 1 aliphatic rings. The van der Waals surface area contributed by atoms with E-state index in [1.54, 1.807) is 0 Å². The van der Waals surface area contributed by atoms with E-state index in [1.165, 1.54) is 17.9 Å². The molecule has 4 heteroatoms. The van der Waals surface area contributed by atoms with Crippen LogP contribution < -0.4 is 4.90 Å². The summed E-state index contributed by atoms with van der Waals surface area (Å²) in [5.41, 5.74) is 1.68. The van der Waals surface area contributed by atoms with E-state index < -0.39 is 0 Å². The fourth-order valence-electron chi connectivity index (χ4n) is 1.98. The summed E-state index contributed by atoms with van der Waals surface area (Å²) in [6, 6.07) is 4.44. The van der Waals surface area contributed by atoms with Gasteiger partial charge in [0.1, 0.15) is 5.69 Å². The third-order valence-corrected chi connectivity index (χ3v) is 4.36. The predicted octanol–water partition coefficient (Wildman–Crippen LogP) is 2.62. The molecule has 2 heterocycles. The molecule has 0 bridgehead atoms. The van der Waals surface area contributed by atoms with Crippen molar-refractivity contribution in [2.24, 2.45) is 0 Å². The lowest BCUT2D eigenvalue weighted by Crippen LogP contribution is -2.31. The first-order valence-electron chi connectivity index (χ1n) is 6.02. The minimum Gasteiger partial charge on any atom is -0.370 e. The molecule has 3 nitrogen and oxygen atoms in total. The Morgan fingerprint density at radius 2 is 2.41 bits per heavy atom. The van der Waals surface area contributed by atoms with Crippen LogP contribution in [0.3, 0.4) is 0 Å². The molecule has 17 heavy (non-hydrogen) atoms. The van der Waals surface area contributed by atoms with Crippen LogP contribution in [0.4, 0.5) is 5.69 Å². The minimum atomic E-state index is 0.107. The zero-order chi connectivity index (χ0) is 12.3. The number of pyridine rings is 1. The zero-order valence-corrected chi connectivity index (χ0v) is 11.2. The molecule has 1 fully saturated rings. The molecule has 0 saturated carbocycles. The number of thioether (sulfide) groups is 1. The number of nitrogens with zero attached hydrogens (tertiary/aromatic N) is 2. The Balaban J connectivity index is 2.09. The summed E-state index contributed by atoms with van der Waals surface area (Å²) in [5, 5.41) is 0. The Morgan fingerprint density at radius 1 is 1.59 bits per heavy atom. The molecule has 0 amide bonds. The smallest absolute Gasteiger partial charge is 0.180 e. The lowest BCUT2D eigenvalue weighted by Gasteiger charge is -2.25. The summed E-state index contributed by atoms with van der Waals surface area (Å²) in [7, 11) is 2.11. The summed E-state index contributed by atoms with van der Waals surface area (Å²) < 4.78 is 0. The van der Waals surface area contributed by atoms with Gasteiger partial charge in [0.15, 0.2) is 5.78 Å². The maximum absolute atomic E-state index is 11.5. The number of hydrogen-bond acceptors (Lipinski definition) is 4. The van der Waals surface area contributed by atoms with Crippen molar-refractivity contribution >= 4 is 23.2 Å². The van der Waals surface area contributed by atoms with Crippen LogP contribution in [0.5, 0.6) is 0 Å². The third kappa shape index (κ3) is 2.80. The normalized spacial score (nSPS) is 19.3. The second-order valence-corrected chi connectivity index (χ2v) is 5.46. The van der Waals surface area contributed by atoms with Gasteiger partial charge in [-0.1, -0.05) is 6.92 Å². The lowest BCUT2D eigenvalue weighted by molar-refractivity contribution is 0.0983. The summed E-state index contributed by atoms with van der Waals surface area (Å²) in [6.45, 7) is 1.86. The molecule has 1 unspecified atom stereocenters. The van der Waals surface area contributed by atoms with E-state index in [0.29, 0.717) is 18.2 Å². The van der Waals surface area contributed by atoms with Gasteiger partial charge in [0.25, 0.3) is 0 Å². The zero-order valence-electron chi connectivity index (χ0n) is 10.3. The van der Waals surface area contributed by atoms with Crippen LogP contribution in [0, 0.1) is 0 Å². The highest BCUT2D eigenvalue weighted by atomic mass is 32.2. The molecule has 0 radical (unpaired) electrons. The molecule has 2 rings (SSSR count). The highest BCUT2D eigenvalue weighted by Crippen LogP contribution is 2.25. The SMILES string of the molecule is CCC(=O)c1ccc(N(C)C2CCSC2)cn1. The van der Waals surface area contributed by atoms with Crippen LogP contribution >= 0.6 is 11.8 Å². The summed E-state index contributed by atoms with van der Waals surface area (Å²) in [5.74, 6) is 2.54. The van der Waals surface area contributed by atoms with Crippen molar-refractivity contribution in [2.75, 3.05) is 23.5 Å². The van der Waals surface area contributed by atoms with Gasteiger partial charge in [-0.2, -0.15) is 11.8 Å². The number of ketones is 1. The summed E-state index contributed by atoms with van der Waals surface area (Å²) in [6.07, 6.45) is 3.56. The molecular formula is C13H18N2OS. The highest BCUT2D eigenvalue weighted by Gasteiger charge is 2.20. The first-order chi connectivity index (χ1) is 8.22. The molecule has 0 N–H and O–H groups in total. The van der Waals surface area contributed by atoms with Gasteiger partial charge in [-0.15, -0.1) is 0 Å². The van der Waals surface area contributed by atoms with Gasteiger partial charge >= 0.3 is 0 Å². The predicted molar refractivity (Wildman–Crippen MR) is 73.0 cm³/mol. The second kappa shape index (κ2) is 5.54. The summed E-state index contributed by atoms with van der Waals surface area (Å²) >= 11 is 2.00. The van der Waals surface area contributed by atoms with E-state index in [0.717, 1.165) is 5.69 Å². The highest BCUT2D eigenvalue weighted by molar-refractivity contribution is 7.99. The van der Waals surface area contributed by atoms with E-state index in [2.05, 4.69) is 16.9 Å². The van der Waals surface area contributed by atoms with Crippen LogP contribution in [0.1, 0.15) is 30.3 Å². The lowest BCUT2D eigenvalue weighted by atomic mass is 10.2. The third-order valence-electron chi connectivity index (χ3n) is 3.22. The van der Waals surface area contributed by atoms with Crippen molar-refractivity contribution in [1.29, 1.82) is 0 Å². The van der Waals surface area contributed by atoms with Gasteiger partial charge in [-0.25, -0.2) is 0 Å². The van der Waals surface area contributed by atoms with Gasteiger partial charge in [-0.3, -0.25) is 9.78 Å². The fraction of sp³-hybridized carbons (Fsp3) is 0.538. The fourth-order valence-corrected chi connectivity index (χ4v) is 3.25. The van der Waals surface area contributed by atoms with Gasteiger partial charge in [-0.05, 0) is 24.3 Å². The number of carbonyl (C=O) groups is 1. The standard InChI is InChI=1S/C13H18N2OS/c1-3-13(16)12-5-4-10(8-14-12)15(2)11-6-7-17-9-11/h4-5,8,11H,3,6-7,9H2,1-2H3. The molecule has 1 aromatic heterocycles. The van der Waals surface area contributed by atoms with Crippen LogP contribution in [0.25, 0.3) is 0 Å². The van der Waals surface area contributed by atoms with E-state index in [-0.39, 0.29) is 5.78 Å². The minimum absolute atomic E-state index is 0.107. The molecule has 1 saturated heterocycles. The topological polar surface area (TPSA) is 33.2 Å². The largest absolute Gasteiger partial charge is 0.370 e. The van der Waals surface area contributed by atoms with Crippen molar-refractivity contribution < 1.29 is 4.79 Å². The number of carbonyl (C=O) groups excluding carboxylic acids is 1. The van der Waals surface area contributed by atoms with E-state index in [9.17, 15) is 4.79 Å². The Labute approximate surface area is 107 Å². The average molecular weight is 250 g/mol. The molecule has 1 aromatic rings. The van der Waals surface area contributed by atoms with Gasteiger partial charge < -0.3 is 4.90 Å². The molecular weight excluding hydrogens is 232 g/mol. The van der Waals surface area contributed by atoms with Crippen molar-refractivity contribution in [2.45, 2.75) is 25.8 Å². The van der Waals surface area contributed by atoms with Crippen molar-refractivity contribution in [1.82, 2.24) is 4.98 Å². The molecule has 1 aliphatic heterocycles. The quantitative estimate of drug-likeness (QED) is 0.769. The Kier molecular flexibility index (Phi) is 4.05. The first-order valence-corrected chi connectivity index (χ1v) is 7.17. The van der Waals surface area contributed by atoms with Crippen LogP contribution in [-0.2, 0) is 0 Å². The van der Waals surface area contributed by atoms with Crippen LogP contribution in [0.2, 0.25) is 0 Å². The Morgan fingerprint density at radius 3 is 2.94 bits per heavy atom. The Hall–Kier alpha value is -1.03. The van der Waals surface area contributed by atoms with Crippen LogP contribution in [0.15, 0.2) is 18.3 Å². The number of rotatable bonds is 4. The monoisotopic (exact) mass is 250 g/mol. The van der Waals surface area contributed by atoms with Gasteiger partial charge in [0.05, 0.1) is 11.9 Å². The molecule has 0 spiro atoms. The van der Waals surface area contributed by atoms with Crippen molar-refractivity contribution in [3.8, 4) is 0 Å². The average Bonchev–Trinajstić information content (AvgIpc) is 2.91. The van der Waals surface area contributed by atoms with Crippen LogP contribution in [-0.4, -0.2) is 35.4 Å². The number of Topliss-reactive ketones (excluding diaryl/α,β-unsaturated/α-hetero) is 1. The maximum Gasteiger partial charge on any atom is 0.180 e. The van der Waals surface area contributed by atoms with Crippen molar-refractivity contribution in [3.05, 3.63) is 24.0 Å². The second-order valence-electron chi connectivity index (χ2n) is 4.31. The maximum atomic E-state index is 11.5. The number of aromatic nitrogens is 1.